The molecule has 0 bridgehead atoms. The summed E-state index contributed by atoms with van der Waals surface area (Å²) >= 11 is 3.36. The molecule has 2 aromatic carbocycles. The fourth-order valence-corrected chi connectivity index (χ4v) is 2.96. The smallest absolute Gasteiger partial charge is 0.267 e. The lowest BCUT2D eigenvalue weighted by Gasteiger charge is -2.12. The van der Waals surface area contributed by atoms with Crippen molar-refractivity contribution in [1.82, 2.24) is 20.2 Å². The first kappa shape index (κ1) is 21.4. The summed E-state index contributed by atoms with van der Waals surface area (Å²) in [5.41, 5.74) is 0.621. The minimum atomic E-state index is -0.690. The lowest BCUT2D eigenvalue weighted by molar-refractivity contribution is -0.117. The number of carbonyl (C=O) groups is 2. The average molecular weight is 471 g/mol. The minimum Gasteiger partial charge on any atom is -0.351 e. The largest absolute Gasteiger partial charge is 0.351 e. The van der Waals surface area contributed by atoms with Crippen LogP contribution in [0.2, 0.25) is 0 Å². The number of hydrogen-bond acceptors (Lipinski definition) is 3. The number of halogens is 2. The Labute approximate surface area is 182 Å². The Morgan fingerprint density at radius 1 is 1.13 bits per heavy atom. The highest BCUT2D eigenvalue weighted by molar-refractivity contribution is 9.10. The monoisotopic (exact) mass is 470 g/mol. The maximum atomic E-state index is 14.0. The summed E-state index contributed by atoms with van der Waals surface area (Å²) in [4.78, 5) is 29.2. The van der Waals surface area contributed by atoms with Crippen molar-refractivity contribution in [3.05, 3.63) is 94.4 Å². The van der Waals surface area contributed by atoms with E-state index in [4.69, 9.17) is 0 Å². The van der Waals surface area contributed by atoms with Crippen molar-refractivity contribution in [1.29, 1.82) is 0 Å². The number of rotatable bonds is 8. The van der Waals surface area contributed by atoms with E-state index in [1.54, 1.807) is 36.8 Å². The van der Waals surface area contributed by atoms with E-state index in [0.29, 0.717) is 19.5 Å². The molecule has 0 fully saturated rings. The topological polar surface area (TPSA) is 76.0 Å². The summed E-state index contributed by atoms with van der Waals surface area (Å²) in [6.07, 6.45) is 7.48. The maximum absolute atomic E-state index is 14.0. The zero-order valence-electron chi connectivity index (χ0n) is 16.0. The molecule has 8 heteroatoms. The van der Waals surface area contributed by atoms with Gasteiger partial charge in [-0.1, -0.05) is 40.2 Å². The number of imidazole rings is 1. The van der Waals surface area contributed by atoms with Gasteiger partial charge in [0, 0.05) is 30.0 Å². The molecule has 6 nitrogen and oxygen atoms in total. The molecule has 3 aromatic rings. The van der Waals surface area contributed by atoms with E-state index < -0.39 is 17.6 Å². The average Bonchev–Trinajstić information content (AvgIpc) is 3.26. The van der Waals surface area contributed by atoms with Crippen LogP contribution in [0.4, 0.5) is 4.39 Å². The zero-order valence-corrected chi connectivity index (χ0v) is 17.6. The summed E-state index contributed by atoms with van der Waals surface area (Å²) in [5.74, 6) is -1.79. The molecule has 0 aliphatic rings. The van der Waals surface area contributed by atoms with Gasteiger partial charge in [-0.15, -0.1) is 0 Å². The van der Waals surface area contributed by atoms with Gasteiger partial charge in [-0.2, -0.15) is 0 Å². The van der Waals surface area contributed by atoms with Gasteiger partial charge < -0.3 is 15.2 Å². The molecule has 1 aromatic heterocycles. The van der Waals surface area contributed by atoms with Crippen LogP contribution < -0.4 is 10.6 Å². The maximum Gasteiger partial charge on any atom is 0.267 e. The van der Waals surface area contributed by atoms with E-state index in [-0.39, 0.29) is 11.3 Å². The quantitative estimate of drug-likeness (QED) is 0.388. The predicted molar refractivity (Wildman–Crippen MR) is 116 cm³/mol. The van der Waals surface area contributed by atoms with Crippen LogP contribution in [-0.2, 0) is 11.3 Å². The lowest BCUT2D eigenvalue weighted by atomic mass is 10.1. The highest BCUT2D eigenvalue weighted by atomic mass is 79.9. The molecule has 0 aliphatic carbocycles. The molecule has 2 amide bonds. The third-order valence-electron chi connectivity index (χ3n) is 4.23. The fraction of sp³-hybridized carbons (Fsp3) is 0.136. The molecule has 0 unspecified atom stereocenters. The lowest BCUT2D eigenvalue weighted by Crippen LogP contribution is -2.35. The molecule has 2 N–H and O–H groups in total. The molecule has 0 radical (unpaired) electrons. The second-order valence-corrected chi connectivity index (χ2v) is 7.37. The van der Waals surface area contributed by atoms with E-state index in [9.17, 15) is 14.0 Å². The molecule has 0 saturated carbocycles. The molecule has 154 valence electrons. The molecule has 0 atom stereocenters. The van der Waals surface area contributed by atoms with E-state index in [1.807, 2.05) is 22.9 Å². The summed E-state index contributed by atoms with van der Waals surface area (Å²) < 4.78 is 16.7. The van der Waals surface area contributed by atoms with Crippen LogP contribution >= 0.6 is 15.9 Å². The van der Waals surface area contributed by atoms with Crippen LogP contribution in [0.15, 0.2) is 77.4 Å². The Bertz CT molecular complexity index is 1030. The van der Waals surface area contributed by atoms with Crippen molar-refractivity contribution in [2.24, 2.45) is 0 Å². The van der Waals surface area contributed by atoms with Crippen molar-refractivity contribution < 1.29 is 14.0 Å². The summed E-state index contributed by atoms with van der Waals surface area (Å²) in [7, 11) is 0. The first-order valence-corrected chi connectivity index (χ1v) is 10.1. The van der Waals surface area contributed by atoms with Crippen LogP contribution in [0.3, 0.4) is 0 Å². The molecule has 1 heterocycles. The minimum absolute atomic E-state index is 0.0354. The van der Waals surface area contributed by atoms with Crippen molar-refractivity contribution >= 4 is 33.8 Å². The second-order valence-electron chi connectivity index (χ2n) is 6.45. The second kappa shape index (κ2) is 10.5. The van der Waals surface area contributed by atoms with Crippen LogP contribution in [0, 0.1) is 5.82 Å². The van der Waals surface area contributed by atoms with Gasteiger partial charge in [0.1, 0.15) is 11.5 Å². The Morgan fingerprint density at radius 2 is 1.90 bits per heavy atom. The van der Waals surface area contributed by atoms with Crippen LogP contribution in [0.5, 0.6) is 0 Å². The van der Waals surface area contributed by atoms with E-state index in [0.717, 1.165) is 10.0 Å². The van der Waals surface area contributed by atoms with Gasteiger partial charge in [0.25, 0.3) is 11.8 Å². The van der Waals surface area contributed by atoms with Gasteiger partial charge in [-0.3, -0.25) is 9.59 Å². The molecule has 0 spiro atoms. The molecule has 0 saturated heterocycles. The van der Waals surface area contributed by atoms with Crippen LogP contribution in [0.1, 0.15) is 22.3 Å². The Balaban J connectivity index is 1.71. The highest BCUT2D eigenvalue weighted by Crippen LogP contribution is 2.14. The number of aromatic nitrogens is 2. The molecule has 30 heavy (non-hydrogen) atoms. The number of nitrogens with one attached hydrogen (secondary N) is 2. The Morgan fingerprint density at radius 3 is 2.60 bits per heavy atom. The first-order valence-electron chi connectivity index (χ1n) is 9.30. The molecular weight excluding hydrogens is 451 g/mol. The van der Waals surface area contributed by atoms with E-state index in [1.165, 1.54) is 18.2 Å². The SMILES string of the molecule is O=C(NCCCn1ccnc1)/C(=C/c1ccc(Br)cc1)NC(=O)c1ccccc1F. The van der Waals surface area contributed by atoms with Crippen LogP contribution in [-0.4, -0.2) is 27.9 Å². The Hall–Kier alpha value is -3.26. The summed E-state index contributed by atoms with van der Waals surface area (Å²) in [6.45, 7) is 1.11. The molecule has 3 rings (SSSR count). The highest BCUT2D eigenvalue weighted by Gasteiger charge is 2.16. The van der Waals surface area contributed by atoms with Gasteiger partial charge >= 0.3 is 0 Å². The van der Waals surface area contributed by atoms with Crippen molar-refractivity contribution in [2.45, 2.75) is 13.0 Å². The van der Waals surface area contributed by atoms with Gasteiger partial charge in [0.05, 0.1) is 11.9 Å². The van der Waals surface area contributed by atoms with Crippen molar-refractivity contribution in [3.8, 4) is 0 Å². The van der Waals surface area contributed by atoms with Gasteiger partial charge in [0.15, 0.2) is 0 Å². The number of benzene rings is 2. The normalized spacial score (nSPS) is 11.2. The fourth-order valence-electron chi connectivity index (χ4n) is 2.70. The van der Waals surface area contributed by atoms with Crippen LogP contribution in [0.25, 0.3) is 6.08 Å². The third-order valence-corrected chi connectivity index (χ3v) is 4.76. The van der Waals surface area contributed by atoms with Crippen molar-refractivity contribution in [2.75, 3.05) is 6.54 Å². The van der Waals surface area contributed by atoms with E-state index >= 15 is 0 Å². The standard InChI is InChI=1S/C22H20BrFN4O2/c23-17-8-6-16(7-9-17)14-20(27-21(29)18-4-1-2-5-19(18)24)22(30)26-10-3-12-28-13-11-25-15-28/h1-2,4-9,11,13-15H,3,10,12H2,(H,26,30)(H,27,29)/b20-14-. The number of aryl methyl sites for hydroxylation is 1. The van der Waals surface area contributed by atoms with E-state index in [2.05, 4.69) is 31.5 Å². The van der Waals surface area contributed by atoms with Crippen molar-refractivity contribution in [3.63, 3.8) is 0 Å². The number of carbonyl (C=O) groups excluding carboxylic acids is 2. The first-order chi connectivity index (χ1) is 14.5. The van der Waals surface area contributed by atoms with Gasteiger partial charge in [-0.25, -0.2) is 9.37 Å². The summed E-state index contributed by atoms with van der Waals surface area (Å²) in [5, 5.41) is 5.32. The Kier molecular flexibility index (Phi) is 7.51. The molecular formula is C22H20BrFN4O2. The number of amides is 2. The van der Waals surface area contributed by atoms with Gasteiger partial charge in [0.2, 0.25) is 0 Å². The number of nitrogens with zero attached hydrogens (tertiary/aromatic N) is 2. The molecule has 0 aliphatic heterocycles. The summed E-state index contributed by atoms with van der Waals surface area (Å²) in [6, 6.07) is 12.9. The zero-order chi connectivity index (χ0) is 21.3. The van der Waals surface area contributed by atoms with Gasteiger partial charge in [-0.05, 0) is 42.3 Å². The third kappa shape index (κ3) is 6.12. The number of hydrogen-bond donors (Lipinski definition) is 2. The predicted octanol–water partition coefficient (Wildman–Crippen LogP) is 3.76.